The van der Waals surface area contributed by atoms with Crippen LogP contribution in [0, 0.1) is 5.92 Å². The molecule has 1 fully saturated rings. The number of hydrogen-bond acceptors (Lipinski definition) is 1. The Morgan fingerprint density at radius 1 is 1.64 bits per heavy atom. The number of carbonyl (C=O) groups excluding carboxylic acids is 1. The Morgan fingerprint density at radius 3 is 3.18 bits per heavy atom. The molecule has 0 spiro atoms. The first-order chi connectivity index (χ1) is 5.34. The number of nitrogens with one attached hydrogen (secondary N) is 1. The molecule has 1 aliphatic rings. The van der Waals surface area contributed by atoms with E-state index >= 15 is 0 Å². The first-order valence-corrected chi connectivity index (χ1v) is 4.23. The molecule has 0 saturated carbocycles. The Morgan fingerprint density at radius 2 is 2.45 bits per heavy atom. The predicted octanol–water partition coefficient (Wildman–Crippen LogP) is 1.48. The molecule has 11 heavy (non-hydrogen) atoms. The summed E-state index contributed by atoms with van der Waals surface area (Å²) in [5.41, 5.74) is 0. The topological polar surface area (TPSA) is 29.1 Å². The van der Waals surface area contributed by atoms with Crippen LogP contribution in [0.4, 0.5) is 0 Å². The lowest BCUT2D eigenvalue weighted by Gasteiger charge is -2.08. The van der Waals surface area contributed by atoms with E-state index in [0.717, 1.165) is 32.2 Å². The van der Waals surface area contributed by atoms with E-state index < -0.39 is 0 Å². The molecule has 0 aromatic rings. The quantitative estimate of drug-likeness (QED) is 0.598. The molecule has 0 bridgehead atoms. The van der Waals surface area contributed by atoms with E-state index in [1.807, 2.05) is 6.08 Å². The molecule has 2 nitrogen and oxygen atoms in total. The van der Waals surface area contributed by atoms with Crippen LogP contribution in [0.15, 0.2) is 12.7 Å². The van der Waals surface area contributed by atoms with Crippen molar-refractivity contribution in [3.05, 3.63) is 12.7 Å². The summed E-state index contributed by atoms with van der Waals surface area (Å²) in [6.45, 7) is 4.49. The van der Waals surface area contributed by atoms with Crippen LogP contribution in [0.3, 0.4) is 0 Å². The van der Waals surface area contributed by atoms with Crippen LogP contribution in [0.5, 0.6) is 0 Å². The first kappa shape index (κ1) is 8.31. The molecule has 0 aromatic carbocycles. The molecule has 1 amide bonds. The summed E-state index contributed by atoms with van der Waals surface area (Å²) >= 11 is 0. The fraction of sp³-hybridized carbons (Fsp3) is 0.667. The van der Waals surface area contributed by atoms with Gasteiger partial charge in [-0.2, -0.15) is 0 Å². The zero-order valence-electron chi connectivity index (χ0n) is 6.81. The maximum atomic E-state index is 11.2. The second-order valence-electron chi connectivity index (χ2n) is 3.01. The van der Waals surface area contributed by atoms with Gasteiger partial charge in [0.15, 0.2) is 0 Å². The van der Waals surface area contributed by atoms with Gasteiger partial charge < -0.3 is 5.32 Å². The average molecular weight is 153 g/mol. The van der Waals surface area contributed by atoms with Crippen LogP contribution in [0.1, 0.15) is 25.7 Å². The summed E-state index contributed by atoms with van der Waals surface area (Å²) in [5, 5.41) is 2.89. The van der Waals surface area contributed by atoms with Crippen molar-refractivity contribution in [2.75, 3.05) is 6.54 Å². The van der Waals surface area contributed by atoms with Crippen LogP contribution in [-0.4, -0.2) is 12.5 Å². The molecule has 1 atom stereocenters. The lowest BCUT2D eigenvalue weighted by molar-refractivity contribution is -0.124. The maximum Gasteiger partial charge on any atom is 0.223 e. The van der Waals surface area contributed by atoms with Crippen molar-refractivity contribution >= 4 is 5.91 Å². The highest BCUT2D eigenvalue weighted by Gasteiger charge is 2.18. The van der Waals surface area contributed by atoms with Crippen molar-refractivity contribution in [2.45, 2.75) is 25.7 Å². The molecule has 1 unspecified atom stereocenters. The normalized spacial score (nSPS) is 25.5. The van der Waals surface area contributed by atoms with E-state index in [9.17, 15) is 4.79 Å². The first-order valence-electron chi connectivity index (χ1n) is 4.23. The Balaban J connectivity index is 2.45. The Bertz CT molecular complexity index is 154. The minimum Gasteiger partial charge on any atom is -0.356 e. The van der Waals surface area contributed by atoms with E-state index in [-0.39, 0.29) is 11.8 Å². The smallest absolute Gasteiger partial charge is 0.223 e. The summed E-state index contributed by atoms with van der Waals surface area (Å²) < 4.78 is 0. The van der Waals surface area contributed by atoms with Gasteiger partial charge in [0, 0.05) is 12.5 Å². The van der Waals surface area contributed by atoms with Crippen molar-refractivity contribution in [2.24, 2.45) is 5.92 Å². The third-order valence-electron chi connectivity index (χ3n) is 2.10. The molecule has 0 aromatic heterocycles. The minimum atomic E-state index is 0.190. The predicted molar refractivity (Wildman–Crippen MR) is 45.2 cm³/mol. The molecule has 1 heterocycles. The van der Waals surface area contributed by atoms with Gasteiger partial charge in [-0.15, -0.1) is 6.58 Å². The molecule has 1 N–H and O–H groups in total. The molecular weight excluding hydrogens is 138 g/mol. The highest BCUT2D eigenvalue weighted by molar-refractivity contribution is 5.78. The van der Waals surface area contributed by atoms with Crippen molar-refractivity contribution in [3.8, 4) is 0 Å². The van der Waals surface area contributed by atoms with Gasteiger partial charge in [0.2, 0.25) is 5.91 Å². The van der Waals surface area contributed by atoms with Gasteiger partial charge in [-0.1, -0.05) is 12.5 Å². The number of carbonyl (C=O) groups is 1. The second-order valence-corrected chi connectivity index (χ2v) is 3.01. The molecule has 62 valence electrons. The highest BCUT2D eigenvalue weighted by Crippen LogP contribution is 2.15. The average Bonchev–Trinajstić information content (AvgIpc) is 2.18. The zero-order valence-corrected chi connectivity index (χ0v) is 6.81. The van der Waals surface area contributed by atoms with E-state index in [4.69, 9.17) is 0 Å². The monoisotopic (exact) mass is 153 g/mol. The summed E-state index contributed by atoms with van der Waals surface area (Å²) in [6, 6.07) is 0. The lowest BCUT2D eigenvalue weighted by Crippen LogP contribution is -2.28. The standard InChI is InChI=1S/C9H15NO/c1-2-5-8-6-3-4-7-10-9(8)11/h2,8H,1,3-7H2,(H,10,11). The van der Waals surface area contributed by atoms with Crippen LogP contribution >= 0.6 is 0 Å². The van der Waals surface area contributed by atoms with Gasteiger partial charge in [-0.25, -0.2) is 0 Å². The fourth-order valence-electron chi connectivity index (χ4n) is 1.43. The third kappa shape index (κ3) is 2.37. The van der Waals surface area contributed by atoms with E-state index in [1.54, 1.807) is 0 Å². The minimum absolute atomic E-state index is 0.190. The number of allylic oxidation sites excluding steroid dienone is 1. The molecule has 0 aliphatic carbocycles. The van der Waals surface area contributed by atoms with Crippen LogP contribution in [0.2, 0.25) is 0 Å². The maximum absolute atomic E-state index is 11.2. The Hall–Kier alpha value is -0.790. The van der Waals surface area contributed by atoms with E-state index in [0.29, 0.717) is 0 Å². The van der Waals surface area contributed by atoms with Gasteiger partial charge in [0.1, 0.15) is 0 Å². The van der Waals surface area contributed by atoms with Crippen LogP contribution < -0.4 is 5.32 Å². The van der Waals surface area contributed by atoms with Crippen molar-refractivity contribution in [1.29, 1.82) is 0 Å². The summed E-state index contributed by atoms with van der Waals surface area (Å²) in [7, 11) is 0. The Labute approximate surface area is 67.7 Å². The summed E-state index contributed by atoms with van der Waals surface area (Å²) in [4.78, 5) is 11.2. The molecule has 1 aliphatic heterocycles. The lowest BCUT2D eigenvalue weighted by atomic mass is 9.99. The number of amides is 1. The Kier molecular flexibility index (Phi) is 3.14. The zero-order chi connectivity index (χ0) is 8.10. The van der Waals surface area contributed by atoms with Gasteiger partial charge in [0.05, 0.1) is 0 Å². The third-order valence-corrected chi connectivity index (χ3v) is 2.10. The fourth-order valence-corrected chi connectivity index (χ4v) is 1.43. The van der Waals surface area contributed by atoms with Gasteiger partial charge in [-0.05, 0) is 19.3 Å². The number of hydrogen-bond donors (Lipinski definition) is 1. The SMILES string of the molecule is C=CCC1CCCCNC1=O. The molecule has 1 saturated heterocycles. The summed E-state index contributed by atoms with van der Waals surface area (Å²) in [6.07, 6.45) is 5.97. The van der Waals surface area contributed by atoms with Gasteiger partial charge in [-0.3, -0.25) is 4.79 Å². The van der Waals surface area contributed by atoms with Crippen molar-refractivity contribution in [3.63, 3.8) is 0 Å². The van der Waals surface area contributed by atoms with E-state index in [2.05, 4.69) is 11.9 Å². The molecule has 0 radical (unpaired) electrons. The molecular formula is C9H15NO. The molecule has 2 heteroatoms. The van der Waals surface area contributed by atoms with Gasteiger partial charge in [0.25, 0.3) is 0 Å². The summed E-state index contributed by atoms with van der Waals surface area (Å²) in [5.74, 6) is 0.400. The number of rotatable bonds is 2. The largest absolute Gasteiger partial charge is 0.356 e. The van der Waals surface area contributed by atoms with Gasteiger partial charge >= 0.3 is 0 Å². The molecule has 1 rings (SSSR count). The van der Waals surface area contributed by atoms with Crippen LogP contribution in [-0.2, 0) is 4.79 Å². The van der Waals surface area contributed by atoms with Crippen LogP contribution in [0.25, 0.3) is 0 Å². The van der Waals surface area contributed by atoms with E-state index in [1.165, 1.54) is 0 Å². The second kappa shape index (κ2) is 4.16. The highest BCUT2D eigenvalue weighted by atomic mass is 16.1. The van der Waals surface area contributed by atoms with Crippen molar-refractivity contribution in [1.82, 2.24) is 5.32 Å². The van der Waals surface area contributed by atoms with Crippen molar-refractivity contribution < 1.29 is 4.79 Å².